The fourth-order valence-corrected chi connectivity index (χ4v) is 2.88. The Bertz CT molecular complexity index is 722. The smallest absolute Gasteiger partial charge is 0.235 e. The van der Waals surface area contributed by atoms with Gasteiger partial charge in [0.05, 0.1) is 11.1 Å². The number of anilines is 1. The summed E-state index contributed by atoms with van der Waals surface area (Å²) in [5.74, 6) is 0.0576. The summed E-state index contributed by atoms with van der Waals surface area (Å²) >= 11 is 0. The van der Waals surface area contributed by atoms with E-state index in [4.69, 9.17) is 0 Å². The lowest BCUT2D eigenvalue weighted by Gasteiger charge is -2.21. The van der Waals surface area contributed by atoms with Gasteiger partial charge in [-0.2, -0.15) is 0 Å². The molecule has 0 atom stereocenters. The Kier molecular flexibility index (Phi) is 3.67. The fraction of sp³-hybridized carbons (Fsp3) is 0.350. The van der Waals surface area contributed by atoms with Crippen molar-refractivity contribution in [1.82, 2.24) is 0 Å². The van der Waals surface area contributed by atoms with E-state index in [0.717, 1.165) is 18.4 Å². The molecule has 0 aliphatic heterocycles. The Morgan fingerprint density at radius 3 is 2.17 bits per heavy atom. The van der Waals surface area contributed by atoms with E-state index in [2.05, 4.69) is 50.4 Å². The van der Waals surface area contributed by atoms with Gasteiger partial charge in [-0.15, -0.1) is 0 Å². The molecule has 2 aromatic carbocycles. The zero-order chi connectivity index (χ0) is 16.7. The Hall–Kier alpha value is -2.29. The molecule has 2 N–H and O–H groups in total. The van der Waals surface area contributed by atoms with E-state index < -0.39 is 5.41 Å². The minimum Gasteiger partial charge on any atom is -0.506 e. The lowest BCUT2D eigenvalue weighted by molar-refractivity contribution is -0.118. The van der Waals surface area contributed by atoms with E-state index >= 15 is 0 Å². The maximum Gasteiger partial charge on any atom is 0.235 e. The lowest BCUT2D eigenvalue weighted by Crippen LogP contribution is -2.28. The summed E-state index contributed by atoms with van der Waals surface area (Å²) < 4.78 is 0. The maximum absolute atomic E-state index is 12.7. The normalized spacial score (nSPS) is 16.0. The summed E-state index contributed by atoms with van der Waals surface area (Å²) in [6, 6.07) is 15.2. The molecule has 1 amide bonds. The molecule has 1 saturated carbocycles. The first-order valence-electron chi connectivity index (χ1n) is 8.03. The second kappa shape index (κ2) is 5.41. The molecule has 0 bridgehead atoms. The van der Waals surface area contributed by atoms with Gasteiger partial charge < -0.3 is 10.4 Å². The fourth-order valence-electron chi connectivity index (χ4n) is 2.88. The van der Waals surface area contributed by atoms with Crippen molar-refractivity contribution in [2.75, 3.05) is 5.32 Å². The van der Waals surface area contributed by atoms with E-state index in [1.54, 1.807) is 24.3 Å². The van der Waals surface area contributed by atoms with Gasteiger partial charge in [-0.25, -0.2) is 0 Å². The highest BCUT2D eigenvalue weighted by molar-refractivity contribution is 6.02. The zero-order valence-corrected chi connectivity index (χ0v) is 13.9. The van der Waals surface area contributed by atoms with Gasteiger partial charge in [-0.3, -0.25) is 4.79 Å². The number of amides is 1. The van der Waals surface area contributed by atoms with Crippen LogP contribution in [-0.2, 0) is 15.6 Å². The Morgan fingerprint density at radius 2 is 1.65 bits per heavy atom. The summed E-state index contributed by atoms with van der Waals surface area (Å²) in [7, 11) is 0. The van der Waals surface area contributed by atoms with Crippen molar-refractivity contribution in [2.45, 2.75) is 44.4 Å². The van der Waals surface area contributed by atoms with Crippen LogP contribution in [0, 0.1) is 0 Å². The Balaban J connectivity index is 1.82. The van der Waals surface area contributed by atoms with Crippen LogP contribution in [0.15, 0.2) is 48.5 Å². The molecule has 0 heterocycles. The van der Waals surface area contributed by atoms with Crippen molar-refractivity contribution >= 4 is 11.6 Å². The third-order valence-corrected chi connectivity index (χ3v) is 4.64. The quantitative estimate of drug-likeness (QED) is 0.828. The number of rotatable bonds is 3. The lowest BCUT2D eigenvalue weighted by atomic mass is 9.85. The molecular formula is C20H23NO2. The Labute approximate surface area is 137 Å². The van der Waals surface area contributed by atoms with Gasteiger partial charge in [0.25, 0.3) is 0 Å². The molecule has 0 radical (unpaired) electrons. The van der Waals surface area contributed by atoms with E-state index in [1.807, 2.05) is 0 Å². The minimum absolute atomic E-state index is 0.0393. The molecule has 0 saturated heterocycles. The van der Waals surface area contributed by atoms with E-state index in [0.29, 0.717) is 5.69 Å². The van der Waals surface area contributed by atoms with Crippen molar-refractivity contribution in [2.24, 2.45) is 0 Å². The van der Waals surface area contributed by atoms with Gasteiger partial charge in [-0.1, -0.05) is 57.2 Å². The van der Waals surface area contributed by atoms with Gasteiger partial charge in [-0.05, 0) is 41.5 Å². The van der Waals surface area contributed by atoms with E-state index in [9.17, 15) is 9.90 Å². The van der Waals surface area contributed by atoms with Gasteiger partial charge >= 0.3 is 0 Å². The Morgan fingerprint density at radius 1 is 1.04 bits per heavy atom. The predicted octanol–water partition coefficient (Wildman–Crippen LogP) is 4.36. The molecule has 3 rings (SSSR count). The van der Waals surface area contributed by atoms with Crippen molar-refractivity contribution in [3.8, 4) is 5.75 Å². The molecule has 23 heavy (non-hydrogen) atoms. The van der Waals surface area contributed by atoms with Crippen molar-refractivity contribution in [3.63, 3.8) is 0 Å². The third kappa shape index (κ3) is 2.96. The number of carbonyl (C=O) groups excluding carboxylic acids is 1. The van der Waals surface area contributed by atoms with Gasteiger partial charge in [0.2, 0.25) is 5.91 Å². The molecule has 0 spiro atoms. The second-order valence-corrected chi connectivity index (χ2v) is 7.38. The highest BCUT2D eigenvalue weighted by atomic mass is 16.3. The molecule has 1 aliphatic rings. The molecule has 120 valence electrons. The van der Waals surface area contributed by atoms with Crippen LogP contribution in [0.1, 0.15) is 44.7 Å². The third-order valence-electron chi connectivity index (χ3n) is 4.64. The summed E-state index contributed by atoms with van der Waals surface area (Å²) in [4.78, 5) is 12.7. The number of hydrogen-bond acceptors (Lipinski definition) is 2. The topological polar surface area (TPSA) is 49.3 Å². The van der Waals surface area contributed by atoms with Crippen molar-refractivity contribution < 1.29 is 9.90 Å². The van der Waals surface area contributed by atoms with Crippen molar-refractivity contribution in [3.05, 3.63) is 59.7 Å². The highest BCUT2D eigenvalue weighted by Crippen LogP contribution is 2.49. The number of para-hydroxylation sites is 2. The first-order valence-corrected chi connectivity index (χ1v) is 8.03. The average Bonchev–Trinajstić information content (AvgIpc) is 3.31. The zero-order valence-electron chi connectivity index (χ0n) is 13.9. The van der Waals surface area contributed by atoms with Crippen LogP contribution in [0.3, 0.4) is 0 Å². The number of carbonyl (C=O) groups is 1. The molecule has 3 nitrogen and oxygen atoms in total. The molecule has 3 heteroatoms. The number of hydrogen-bond donors (Lipinski definition) is 2. The first-order chi connectivity index (χ1) is 10.8. The van der Waals surface area contributed by atoms with Gasteiger partial charge in [0.15, 0.2) is 0 Å². The minimum atomic E-state index is -0.446. The van der Waals surface area contributed by atoms with Gasteiger partial charge in [0.1, 0.15) is 5.75 Å². The van der Waals surface area contributed by atoms with Crippen LogP contribution in [0.4, 0.5) is 5.69 Å². The molecule has 1 aliphatic carbocycles. The van der Waals surface area contributed by atoms with Crippen LogP contribution in [0.25, 0.3) is 0 Å². The average molecular weight is 309 g/mol. The van der Waals surface area contributed by atoms with Crippen LogP contribution in [0.2, 0.25) is 0 Å². The highest BCUT2D eigenvalue weighted by Gasteiger charge is 2.51. The molecule has 2 aromatic rings. The molecule has 1 fully saturated rings. The van der Waals surface area contributed by atoms with E-state index in [-0.39, 0.29) is 17.1 Å². The number of nitrogens with one attached hydrogen (secondary N) is 1. The number of aromatic hydroxyl groups is 1. The second-order valence-electron chi connectivity index (χ2n) is 7.38. The monoisotopic (exact) mass is 309 g/mol. The van der Waals surface area contributed by atoms with Crippen LogP contribution in [-0.4, -0.2) is 11.0 Å². The number of benzene rings is 2. The van der Waals surface area contributed by atoms with Crippen LogP contribution >= 0.6 is 0 Å². The largest absolute Gasteiger partial charge is 0.506 e. The van der Waals surface area contributed by atoms with Crippen molar-refractivity contribution in [1.29, 1.82) is 0 Å². The maximum atomic E-state index is 12.7. The number of phenols is 1. The van der Waals surface area contributed by atoms with Crippen LogP contribution < -0.4 is 5.32 Å². The molecule has 0 unspecified atom stereocenters. The predicted molar refractivity (Wildman–Crippen MR) is 92.8 cm³/mol. The first kappa shape index (κ1) is 15.6. The molecule has 0 aromatic heterocycles. The molecular weight excluding hydrogens is 286 g/mol. The van der Waals surface area contributed by atoms with Crippen LogP contribution in [0.5, 0.6) is 5.75 Å². The standard InChI is InChI=1S/C20H23NO2/c1-19(2,3)14-8-10-15(11-9-14)20(12-13-20)18(23)21-16-6-4-5-7-17(16)22/h4-11,22H,12-13H2,1-3H3,(H,21,23). The number of phenolic OH excluding ortho intramolecular Hbond substituents is 1. The SMILES string of the molecule is CC(C)(C)c1ccc(C2(C(=O)Nc3ccccc3O)CC2)cc1. The summed E-state index contributed by atoms with van der Waals surface area (Å²) in [6.07, 6.45) is 1.70. The van der Waals surface area contributed by atoms with Gasteiger partial charge in [0, 0.05) is 0 Å². The summed E-state index contributed by atoms with van der Waals surface area (Å²) in [5.41, 5.74) is 2.44. The summed E-state index contributed by atoms with van der Waals surface area (Å²) in [6.45, 7) is 6.54. The summed E-state index contributed by atoms with van der Waals surface area (Å²) in [5, 5.41) is 12.7. The van der Waals surface area contributed by atoms with E-state index in [1.165, 1.54) is 5.56 Å².